The van der Waals surface area contributed by atoms with Crippen LogP contribution in [0.15, 0.2) is 54.6 Å². The van der Waals surface area contributed by atoms with Gasteiger partial charge in [-0.3, -0.25) is 0 Å². The van der Waals surface area contributed by atoms with E-state index in [-0.39, 0.29) is 6.04 Å². The molecular weight excluding hydrogens is 236 g/mol. The van der Waals surface area contributed by atoms with Crippen LogP contribution in [0.2, 0.25) is 0 Å². The van der Waals surface area contributed by atoms with Gasteiger partial charge in [-0.15, -0.1) is 0 Å². The highest BCUT2D eigenvalue weighted by molar-refractivity contribution is 5.48. The van der Waals surface area contributed by atoms with Gasteiger partial charge in [0.15, 0.2) is 0 Å². The lowest BCUT2D eigenvalue weighted by Gasteiger charge is -2.14. The van der Waals surface area contributed by atoms with Crippen LogP contribution < -0.4 is 15.8 Å². The second kappa shape index (κ2) is 6.81. The van der Waals surface area contributed by atoms with Crippen LogP contribution in [0.25, 0.3) is 0 Å². The van der Waals surface area contributed by atoms with Gasteiger partial charge in [0.2, 0.25) is 0 Å². The van der Waals surface area contributed by atoms with Crippen molar-refractivity contribution in [1.82, 2.24) is 0 Å². The Morgan fingerprint density at radius 1 is 1.11 bits per heavy atom. The summed E-state index contributed by atoms with van der Waals surface area (Å²) in [7, 11) is 1.67. The number of methoxy groups -OCH3 is 1. The maximum atomic E-state index is 6.13. The predicted octanol–water partition coefficient (Wildman–Crippen LogP) is 2.68. The topological polar surface area (TPSA) is 47.3 Å². The maximum absolute atomic E-state index is 6.13. The Hall–Kier alpha value is -2.00. The minimum Gasteiger partial charge on any atom is -0.497 e. The Kier molecular flexibility index (Phi) is 4.81. The summed E-state index contributed by atoms with van der Waals surface area (Å²) in [5, 5.41) is 3.33. The van der Waals surface area contributed by atoms with E-state index in [0.29, 0.717) is 0 Å². The number of hydrogen-bond acceptors (Lipinski definition) is 3. The number of ether oxygens (including phenoxy) is 1. The van der Waals surface area contributed by atoms with Crippen LogP contribution in [0.1, 0.15) is 5.56 Å². The van der Waals surface area contributed by atoms with E-state index in [1.807, 2.05) is 42.5 Å². The summed E-state index contributed by atoms with van der Waals surface area (Å²) in [6, 6.07) is 18.3. The van der Waals surface area contributed by atoms with Crippen LogP contribution in [-0.2, 0) is 6.42 Å². The molecule has 0 aliphatic heterocycles. The first-order valence-corrected chi connectivity index (χ1v) is 6.45. The van der Waals surface area contributed by atoms with Gasteiger partial charge in [0.05, 0.1) is 7.11 Å². The van der Waals surface area contributed by atoms with E-state index in [9.17, 15) is 0 Å². The van der Waals surface area contributed by atoms with Crippen molar-refractivity contribution in [3.05, 3.63) is 60.2 Å². The number of anilines is 1. The van der Waals surface area contributed by atoms with Crippen molar-refractivity contribution >= 4 is 5.69 Å². The summed E-state index contributed by atoms with van der Waals surface area (Å²) < 4.78 is 5.19. The normalized spacial score (nSPS) is 11.9. The average Bonchev–Trinajstić information content (AvgIpc) is 2.46. The minimum atomic E-state index is 0.0913. The Morgan fingerprint density at radius 3 is 2.63 bits per heavy atom. The third-order valence-electron chi connectivity index (χ3n) is 2.98. The molecule has 0 saturated heterocycles. The second-order valence-electron chi connectivity index (χ2n) is 4.56. The monoisotopic (exact) mass is 256 g/mol. The van der Waals surface area contributed by atoms with Crippen LogP contribution in [0, 0.1) is 0 Å². The maximum Gasteiger partial charge on any atom is 0.120 e. The van der Waals surface area contributed by atoms with E-state index in [1.54, 1.807) is 7.11 Å². The molecule has 2 aromatic carbocycles. The molecule has 0 aliphatic rings. The van der Waals surface area contributed by atoms with Gasteiger partial charge in [-0.25, -0.2) is 0 Å². The fraction of sp³-hybridized carbons (Fsp3) is 0.250. The Labute approximate surface area is 114 Å². The van der Waals surface area contributed by atoms with Crippen molar-refractivity contribution in [2.24, 2.45) is 5.73 Å². The molecule has 0 saturated carbocycles. The lowest BCUT2D eigenvalue weighted by Crippen LogP contribution is -2.31. The van der Waals surface area contributed by atoms with Crippen molar-refractivity contribution in [3.63, 3.8) is 0 Å². The summed E-state index contributed by atoms with van der Waals surface area (Å²) in [4.78, 5) is 0. The molecule has 19 heavy (non-hydrogen) atoms. The molecule has 0 aliphatic carbocycles. The van der Waals surface area contributed by atoms with Gasteiger partial charge in [-0.1, -0.05) is 36.4 Å². The first-order chi connectivity index (χ1) is 9.28. The Balaban J connectivity index is 1.84. The third kappa shape index (κ3) is 4.30. The smallest absolute Gasteiger partial charge is 0.120 e. The number of hydrogen-bond donors (Lipinski definition) is 2. The molecule has 100 valence electrons. The molecule has 0 amide bonds. The first kappa shape index (κ1) is 13.4. The molecule has 2 aromatic rings. The van der Waals surface area contributed by atoms with E-state index in [1.165, 1.54) is 5.56 Å². The van der Waals surface area contributed by atoms with Gasteiger partial charge in [-0.2, -0.15) is 0 Å². The molecule has 0 bridgehead atoms. The number of nitrogens with one attached hydrogen (secondary N) is 1. The summed E-state index contributed by atoms with van der Waals surface area (Å²) >= 11 is 0. The molecule has 0 heterocycles. The van der Waals surface area contributed by atoms with Crippen LogP contribution in [0.3, 0.4) is 0 Å². The zero-order chi connectivity index (χ0) is 13.5. The molecule has 1 atom stereocenters. The van der Waals surface area contributed by atoms with Gasteiger partial charge in [0.25, 0.3) is 0 Å². The summed E-state index contributed by atoms with van der Waals surface area (Å²) in [6.07, 6.45) is 0.873. The lowest BCUT2D eigenvalue weighted by molar-refractivity contribution is 0.415. The molecule has 3 heteroatoms. The standard InChI is InChI=1S/C16H20N2O/c1-19-16-9-5-8-15(11-16)18-12-14(17)10-13-6-3-2-4-7-13/h2-9,11,14,18H,10,12,17H2,1H3. The summed E-state index contributed by atoms with van der Waals surface area (Å²) in [5.41, 5.74) is 8.43. The van der Waals surface area contributed by atoms with Gasteiger partial charge >= 0.3 is 0 Å². The van der Waals surface area contributed by atoms with Crippen LogP contribution >= 0.6 is 0 Å². The van der Waals surface area contributed by atoms with Crippen molar-refractivity contribution in [1.29, 1.82) is 0 Å². The highest BCUT2D eigenvalue weighted by Crippen LogP contribution is 2.16. The SMILES string of the molecule is COc1cccc(NCC(N)Cc2ccccc2)c1. The van der Waals surface area contributed by atoms with Crippen molar-refractivity contribution in [2.75, 3.05) is 19.0 Å². The van der Waals surface area contributed by atoms with Gasteiger partial charge in [0, 0.05) is 24.3 Å². The van der Waals surface area contributed by atoms with Gasteiger partial charge < -0.3 is 15.8 Å². The molecule has 0 spiro atoms. The molecule has 0 aromatic heterocycles. The summed E-state index contributed by atoms with van der Waals surface area (Å²) in [6.45, 7) is 0.738. The molecule has 3 nitrogen and oxygen atoms in total. The Bertz CT molecular complexity index is 499. The first-order valence-electron chi connectivity index (χ1n) is 6.45. The highest BCUT2D eigenvalue weighted by atomic mass is 16.5. The van der Waals surface area contributed by atoms with Gasteiger partial charge in [-0.05, 0) is 24.1 Å². The minimum absolute atomic E-state index is 0.0913. The highest BCUT2D eigenvalue weighted by Gasteiger charge is 2.04. The second-order valence-corrected chi connectivity index (χ2v) is 4.56. The fourth-order valence-electron chi connectivity index (χ4n) is 1.97. The molecule has 3 N–H and O–H groups in total. The molecule has 0 fully saturated rings. The van der Waals surface area contributed by atoms with Crippen LogP contribution in [-0.4, -0.2) is 19.7 Å². The van der Waals surface area contributed by atoms with Crippen molar-refractivity contribution in [2.45, 2.75) is 12.5 Å². The van der Waals surface area contributed by atoms with Gasteiger partial charge in [0.1, 0.15) is 5.75 Å². The zero-order valence-corrected chi connectivity index (χ0v) is 11.2. The Morgan fingerprint density at radius 2 is 1.89 bits per heavy atom. The van der Waals surface area contributed by atoms with Crippen LogP contribution in [0.5, 0.6) is 5.75 Å². The van der Waals surface area contributed by atoms with E-state index in [2.05, 4.69) is 17.4 Å². The number of benzene rings is 2. The predicted molar refractivity (Wildman–Crippen MR) is 79.6 cm³/mol. The molecule has 1 unspecified atom stereocenters. The van der Waals surface area contributed by atoms with Crippen LogP contribution in [0.4, 0.5) is 5.69 Å². The molecule has 0 radical (unpaired) electrons. The number of rotatable bonds is 6. The zero-order valence-electron chi connectivity index (χ0n) is 11.2. The quantitative estimate of drug-likeness (QED) is 0.835. The van der Waals surface area contributed by atoms with E-state index in [0.717, 1.165) is 24.4 Å². The molecular formula is C16H20N2O. The fourth-order valence-corrected chi connectivity index (χ4v) is 1.97. The lowest BCUT2D eigenvalue weighted by atomic mass is 10.1. The third-order valence-corrected chi connectivity index (χ3v) is 2.98. The van der Waals surface area contributed by atoms with E-state index >= 15 is 0 Å². The largest absolute Gasteiger partial charge is 0.497 e. The average molecular weight is 256 g/mol. The summed E-state index contributed by atoms with van der Waals surface area (Å²) in [5.74, 6) is 0.849. The number of nitrogens with two attached hydrogens (primary N) is 1. The van der Waals surface area contributed by atoms with E-state index < -0.39 is 0 Å². The van der Waals surface area contributed by atoms with E-state index in [4.69, 9.17) is 10.5 Å². The van der Waals surface area contributed by atoms with Crippen molar-refractivity contribution in [3.8, 4) is 5.75 Å². The van der Waals surface area contributed by atoms with Crippen molar-refractivity contribution < 1.29 is 4.74 Å². The molecule has 2 rings (SSSR count).